The summed E-state index contributed by atoms with van der Waals surface area (Å²) >= 11 is 0. The zero-order valence-corrected chi connectivity index (χ0v) is 12.3. The smallest absolute Gasteiger partial charge is 0.222 e. The average molecular weight is 263 g/mol. The van der Waals surface area contributed by atoms with Crippen molar-refractivity contribution in [2.45, 2.75) is 52.4 Å². The summed E-state index contributed by atoms with van der Waals surface area (Å²) in [6.45, 7) is 8.04. The molecule has 1 heterocycles. The molecule has 0 saturated heterocycles. The van der Waals surface area contributed by atoms with Crippen molar-refractivity contribution >= 4 is 5.82 Å². The molecule has 1 aliphatic carbocycles. The summed E-state index contributed by atoms with van der Waals surface area (Å²) in [6, 6.07) is 0. The second kappa shape index (κ2) is 6.73. The van der Waals surface area contributed by atoms with Crippen molar-refractivity contribution in [1.82, 2.24) is 9.97 Å². The van der Waals surface area contributed by atoms with Gasteiger partial charge in [0, 0.05) is 6.54 Å². The first-order valence-corrected chi connectivity index (χ1v) is 7.44. The topological polar surface area (TPSA) is 47.0 Å². The maximum atomic E-state index is 5.98. The van der Waals surface area contributed by atoms with Crippen molar-refractivity contribution in [3.8, 4) is 5.88 Å². The van der Waals surface area contributed by atoms with Gasteiger partial charge < -0.3 is 10.1 Å². The van der Waals surface area contributed by atoms with Crippen LogP contribution in [0.1, 0.15) is 57.9 Å². The fourth-order valence-corrected chi connectivity index (χ4v) is 2.70. The monoisotopic (exact) mass is 263 g/mol. The van der Waals surface area contributed by atoms with Gasteiger partial charge in [0.2, 0.25) is 5.88 Å². The lowest BCUT2D eigenvalue weighted by Crippen LogP contribution is -2.13. The highest BCUT2D eigenvalue weighted by molar-refractivity contribution is 5.50. The van der Waals surface area contributed by atoms with E-state index in [1.807, 2.05) is 0 Å². The molecule has 0 aliphatic heterocycles. The van der Waals surface area contributed by atoms with Gasteiger partial charge in [0.25, 0.3) is 0 Å². The lowest BCUT2D eigenvalue weighted by Gasteiger charge is -2.18. The minimum Gasteiger partial charge on any atom is -0.477 e. The van der Waals surface area contributed by atoms with Gasteiger partial charge in [-0.3, -0.25) is 0 Å². The highest BCUT2D eigenvalue weighted by atomic mass is 16.5. The highest BCUT2D eigenvalue weighted by Crippen LogP contribution is 2.31. The lowest BCUT2D eigenvalue weighted by molar-refractivity contribution is 0.240. The summed E-state index contributed by atoms with van der Waals surface area (Å²) in [7, 11) is 0. The number of hydrogen-bond acceptors (Lipinski definition) is 4. The predicted molar refractivity (Wildman–Crippen MR) is 77.7 cm³/mol. The zero-order chi connectivity index (χ0) is 13.7. The molecule has 1 fully saturated rings. The van der Waals surface area contributed by atoms with Crippen LogP contribution in [-0.4, -0.2) is 23.1 Å². The summed E-state index contributed by atoms with van der Waals surface area (Å²) in [5.74, 6) is 2.73. The van der Waals surface area contributed by atoms with Crippen LogP contribution >= 0.6 is 0 Å². The third kappa shape index (κ3) is 3.58. The quantitative estimate of drug-likeness (QED) is 0.852. The molecule has 2 rings (SSSR count). The fraction of sp³-hybridized carbons (Fsp3) is 0.733. The van der Waals surface area contributed by atoms with Crippen LogP contribution in [0.4, 0.5) is 5.82 Å². The van der Waals surface area contributed by atoms with Gasteiger partial charge >= 0.3 is 0 Å². The van der Waals surface area contributed by atoms with Gasteiger partial charge in [-0.15, -0.1) is 0 Å². The third-order valence-electron chi connectivity index (χ3n) is 3.70. The normalized spacial score (nSPS) is 16.0. The molecule has 0 radical (unpaired) electrons. The molecule has 1 N–H and O–H groups in total. The van der Waals surface area contributed by atoms with E-state index in [9.17, 15) is 0 Å². The first kappa shape index (κ1) is 14.1. The summed E-state index contributed by atoms with van der Waals surface area (Å²) in [5.41, 5.74) is 1.10. The Balaban J connectivity index is 2.11. The van der Waals surface area contributed by atoms with Crippen molar-refractivity contribution in [1.29, 1.82) is 0 Å². The Hall–Kier alpha value is -1.32. The number of rotatable bonds is 6. The Morgan fingerprint density at radius 1 is 1.32 bits per heavy atom. The summed E-state index contributed by atoms with van der Waals surface area (Å²) in [6.07, 6.45) is 6.87. The molecule has 4 heteroatoms. The molecule has 1 saturated carbocycles. The van der Waals surface area contributed by atoms with E-state index in [4.69, 9.17) is 4.74 Å². The van der Waals surface area contributed by atoms with E-state index in [1.165, 1.54) is 25.7 Å². The average Bonchev–Trinajstić information content (AvgIpc) is 2.89. The number of nitrogens with one attached hydrogen (secondary N) is 1. The number of anilines is 1. The zero-order valence-electron chi connectivity index (χ0n) is 12.3. The highest BCUT2D eigenvalue weighted by Gasteiger charge is 2.19. The first-order chi connectivity index (χ1) is 9.22. The van der Waals surface area contributed by atoms with E-state index in [1.54, 1.807) is 6.33 Å². The van der Waals surface area contributed by atoms with Gasteiger partial charge in [0.1, 0.15) is 12.1 Å². The van der Waals surface area contributed by atoms with E-state index >= 15 is 0 Å². The molecule has 4 nitrogen and oxygen atoms in total. The maximum Gasteiger partial charge on any atom is 0.222 e. The number of nitrogens with zero attached hydrogens (tertiary/aromatic N) is 2. The molecule has 0 bridgehead atoms. The van der Waals surface area contributed by atoms with E-state index in [2.05, 4.69) is 36.1 Å². The summed E-state index contributed by atoms with van der Waals surface area (Å²) < 4.78 is 5.98. The van der Waals surface area contributed by atoms with Crippen molar-refractivity contribution < 1.29 is 4.74 Å². The minimum atomic E-state index is 0.355. The molecule has 0 amide bonds. The second-order valence-electron chi connectivity index (χ2n) is 5.59. The molecule has 0 unspecified atom stereocenters. The molecule has 1 aliphatic rings. The Morgan fingerprint density at radius 2 is 2.05 bits per heavy atom. The van der Waals surface area contributed by atoms with Gasteiger partial charge in [-0.2, -0.15) is 0 Å². The van der Waals surface area contributed by atoms with E-state index in [0.29, 0.717) is 11.8 Å². The molecule has 0 atom stereocenters. The lowest BCUT2D eigenvalue weighted by atomic mass is 10.1. The molecule has 1 aromatic rings. The molecular weight excluding hydrogens is 238 g/mol. The van der Waals surface area contributed by atoms with Gasteiger partial charge in [-0.05, 0) is 31.6 Å². The Kier molecular flexibility index (Phi) is 5.00. The van der Waals surface area contributed by atoms with E-state index in [0.717, 1.165) is 30.4 Å². The van der Waals surface area contributed by atoms with Gasteiger partial charge in [0.05, 0.1) is 12.2 Å². The third-order valence-corrected chi connectivity index (χ3v) is 3.70. The molecular formula is C15H25N3O. The standard InChI is InChI=1S/C15H25N3O/c1-4-16-14-13(11(2)3)15(18-10-17-14)19-9-12-7-5-6-8-12/h10-12H,4-9H2,1-3H3,(H,16,17,18). The summed E-state index contributed by atoms with van der Waals surface area (Å²) in [5, 5.41) is 3.29. The Bertz CT molecular complexity index is 400. The molecule has 0 spiro atoms. The SMILES string of the molecule is CCNc1ncnc(OCC2CCCC2)c1C(C)C. The molecule has 106 valence electrons. The number of aromatic nitrogens is 2. The van der Waals surface area contributed by atoms with E-state index < -0.39 is 0 Å². The van der Waals surface area contributed by atoms with Crippen molar-refractivity contribution in [3.05, 3.63) is 11.9 Å². The van der Waals surface area contributed by atoms with Crippen LogP contribution in [0.25, 0.3) is 0 Å². The van der Waals surface area contributed by atoms with Crippen LogP contribution in [0, 0.1) is 5.92 Å². The Labute approximate surface area is 116 Å². The largest absolute Gasteiger partial charge is 0.477 e. The van der Waals surface area contributed by atoms with Crippen LogP contribution in [0.5, 0.6) is 5.88 Å². The summed E-state index contributed by atoms with van der Waals surface area (Å²) in [4.78, 5) is 8.66. The molecule has 19 heavy (non-hydrogen) atoms. The van der Waals surface area contributed by atoms with Crippen molar-refractivity contribution in [2.75, 3.05) is 18.5 Å². The Morgan fingerprint density at radius 3 is 2.68 bits per heavy atom. The van der Waals surface area contributed by atoms with Crippen molar-refractivity contribution in [3.63, 3.8) is 0 Å². The van der Waals surface area contributed by atoms with Crippen LogP contribution < -0.4 is 10.1 Å². The first-order valence-electron chi connectivity index (χ1n) is 7.44. The van der Waals surface area contributed by atoms with Crippen LogP contribution in [0.2, 0.25) is 0 Å². The fourth-order valence-electron chi connectivity index (χ4n) is 2.70. The number of ether oxygens (including phenoxy) is 1. The molecule has 0 aromatic carbocycles. The van der Waals surface area contributed by atoms with Gasteiger partial charge in [-0.25, -0.2) is 9.97 Å². The minimum absolute atomic E-state index is 0.355. The van der Waals surface area contributed by atoms with E-state index in [-0.39, 0.29) is 0 Å². The van der Waals surface area contributed by atoms with Gasteiger partial charge in [-0.1, -0.05) is 26.7 Å². The van der Waals surface area contributed by atoms with Crippen LogP contribution in [-0.2, 0) is 0 Å². The number of hydrogen-bond donors (Lipinski definition) is 1. The maximum absolute atomic E-state index is 5.98. The predicted octanol–water partition coefficient (Wildman–Crippen LogP) is 3.60. The van der Waals surface area contributed by atoms with Crippen molar-refractivity contribution in [2.24, 2.45) is 5.92 Å². The van der Waals surface area contributed by atoms with Crippen LogP contribution in [0.15, 0.2) is 6.33 Å². The van der Waals surface area contributed by atoms with Gasteiger partial charge in [0.15, 0.2) is 0 Å². The molecule has 1 aromatic heterocycles. The van der Waals surface area contributed by atoms with Crippen LogP contribution in [0.3, 0.4) is 0 Å². The second-order valence-corrected chi connectivity index (χ2v) is 5.59.